The van der Waals surface area contributed by atoms with Crippen LogP contribution in [0.3, 0.4) is 0 Å². The molecule has 0 aromatic carbocycles. The fourth-order valence-electron chi connectivity index (χ4n) is 2.64. The molecular formula is C13H18O4. The molecule has 2 unspecified atom stereocenters. The zero-order valence-electron chi connectivity index (χ0n) is 9.98. The van der Waals surface area contributed by atoms with Crippen LogP contribution in [0.4, 0.5) is 0 Å². The van der Waals surface area contributed by atoms with E-state index in [-0.39, 0.29) is 5.76 Å². The SMILES string of the molecule is CCC1CCCC(O)(c2ccc(C(=O)O)o2)C1. The van der Waals surface area contributed by atoms with Gasteiger partial charge >= 0.3 is 5.97 Å². The van der Waals surface area contributed by atoms with Crippen molar-refractivity contribution in [3.05, 3.63) is 23.7 Å². The lowest BCUT2D eigenvalue weighted by Crippen LogP contribution is -2.32. The quantitative estimate of drug-likeness (QED) is 0.849. The van der Waals surface area contributed by atoms with Crippen LogP contribution < -0.4 is 0 Å². The Kier molecular flexibility index (Phi) is 3.24. The molecule has 2 rings (SSSR count). The Hall–Kier alpha value is -1.29. The van der Waals surface area contributed by atoms with Gasteiger partial charge < -0.3 is 14.6 Å². The van der Waals surface area contributed by atoms with Crippen molar-refractivity contribution in [2.24, 2.45) is 5.92 Å². The summed E-state index contributed by atoms with van der Waals surface area (Å²) in [5.74, 6) is -0.310. The van der Waals surface area contributed by atoms with Gasteiger partial charge in [0, 0.05) is 0 Å². The van der Waals surface area contributed by atoms with Crippen LogP contribution in [-0.4, -0.2) is 16.2 Å². The van der Waals surface area contributed by atoms with Gasteiger partial charge in [-0.05, 0) is 37.3 Å². The van der Waals surface area contributed by atoms with Gasteiger partial charge in [-0.3, -0.25) is 0 Å². The van der Waals surface area contributed by atoms with Crippen LogP contribution in [0.1, 0.15) is 55.3 Å². The summed E-state index contributed by atoms with van der Waals surface area (Å²) in [7, 11) is 0. The number of hydrogen-bond acceptors (Lipinski definition) is 3. The van der Waals surface area contributed by atoms with Gasteiger partial charge in [0.15, 0.2) is 0 Å². The summed E-state index contributed by atoms with van der Waals surface area (Å²) < 4.78 is 5.23. The molecule has 0 radical (unpaired) electrons. The van der Waals surface area contributed by atoms with Crippen LogP contribution in [0.5, 0.6) is 0 Å². The van der Waals surface area contributed by atoms with Crippen LogP contribution >= 0.6 is 0 Å². The Morgan fingerprint density at radius 2 is 2.35 bits per heavy atom. The van der Waals surface area contributed by atoms with E-state index in [4.69, 9.17) is 9.52 Å². The fraction of sp³-hybridized carbons (Fsp3) is 0.615. The largest absolute Gasteiger partial charge is 0.475 e. The first-order valence-electron chi connectivity index (χ1n) is 6.11. The minimum absolute atomic E-state index is 0.105. The van der Waals surface area contributed by atoms with Crippen LogP contribution in [0.15, 0.2) is 16.5 Å². The molecular weight excluding hydrogens is 220 g/mol. The number of hydrogen-bond donors (Lipinski definition) is 2. The average molecular weight is 238 g/mol. The third-order valence-corrected chi connectivity index (χ3v) is 3.68. The minimum atomic E-state index is -1.09. The Morgan fingerprint density at radius 3 is 2.94 bits per heavy atom. The van der Waals surface area contributed by atoms with E-state index in [1.54, 1.807) is 6.07 Å². The molecule has 2 atom stereocenters. The molecule has 17 heavy (non-hydrogen) atoms. The van der Waals surface area contributed by atoms with Crippen molar-refractivity contribution in [2.45, 2.75) is 44.6 Å². The highest BCUT2D eigenvalue weighted by molar-refractivity contribution is 5.84. The number of rotatable bonds is 3. The molecule has 1 aromatic rings. The third-order valence-electron chi connectivity index (χ3n) is 3.68. The molecule has 0 aliphatic heterocycles. The maximum absolute atomic E-state index is 10.7. The monoisotopic (exact) mass is 238 g/mol. The molecule has 1 aliphatic carbocycles. The number of carboxylic acid groups (broad SMARTS) is 1. The van der Waals surface area contributed by atoms with E-state index in [1.807, 2.05) is 0 Å². The number of furan rings is 1. The minimum Gasteiger partial charge on any atom is -0.475 e. The lowest BCUT2D eigenvalue weighted by molar-refractivity contribution is -0.0397. The summed E-state index contributed by atoms with van der Waals surface area (Å²) >= 11 is 0. The Bertz CT molecular complexity index is 409. The van der Waals surface area contributed by atoms with Crippen molar-refractivity contribution in [2.75, 3.05) is 0 Å². The highest BCUT2D eigenvalue weighted by Crippen LogP contribution is 2.41. The lowest BCUT2D eigenvalue weighted by atomic mass is 9.76. The molecule has 4 nitrogen and oxygen atoms in total. The Balaban J connectivity index is 2.21. The molecule has 1 fully saturated rings. The van der Waals surface area contributed by atoms with Crippen molar-refractivity contribution >= 4 is 5.97 Å². The summed E-state index contributed by atoms with van der Waals surface area (Å²) in [5.41, 5.74) is -0.980. The predicted molar refractivity (Wildman–Crippen MR) is 61.8 cm³/mol. The molecule has 0 bridgehead atoms. The highest BCUT2D eigenvalue weighted by Gasteiger charge is 2.38. The van der Waals surface area contributed by atoms with Gasteiger partial charge in [0.2, 0.25) is 5.76 Å². The first-order chi connectivity index (χ1) is 8.05. The molecule has 1 saturated carbocycles. The number of carboxylic acids is 1. The normalized spacial score (nSPS) is 29.2. The van der Waals surface area contributed by atoms with E-state index >= 15 is 0 Å². The summed E-state index contributed by atoms with van der Waals surface area (Å²) in [4.78, 5) is 10.7. The molecule has 2 N–H and O–H groups in total. The zero-order valence-corrected chi connectivity index (χ0v) is 9.98. The average Bonchev–Trinajstić information content (AvgIpc) is 2.79. The van der Waals surface area contributed by atoms with Crippen LogP contribution in [0, 0.1) is 5.92 Å². The molecule has 1 aromatic heterocycles. The Morgan fingerprint density at radius 1 is 1.59 bits per heavy atom. The van der Waals surface area contributed by atoms with Gasteiger partial charge in [0.1, 0.15) is 11.4 Å². The molecule has 4 heteroatoms. The predicted octanol–water partition coefficient (Wildman–Crippen LogP) is 2.77. The smallest absolute Gasteiger partial charge is 0.371 e. The number of aliphatic hydroxyl groups is 1. The zero-order chi connectivity index (χ0) is 12.5. The van der Waals surface area contributed by atoms with Gasteiger partial charge in [-0.15, -0.1) is 0 Å². The number of carbonyl (C=O) groups is 1. The van der Waals surface area contributed by atoms with E-state index in [0.717, 1.165) is 19.3 Å². The maximum Gasteiger partial charge on any atom is 0.371 e. The van der Waals surface area contributed by atoms with Crippen molar-refractivity contribution in [1.82, 2.24) is 0 Å². The van der Waals surface area contributed by atoms with Crippen molar-refractivity contribution in [3.63, 3.8) is 0 Å². The highest BCUT2D eigenvalue weighted by atomic mass is 16.4. The summed E-state index contributed by atoms with van der Waals surface area (Å²) in [6.07, 6.45) is 4.43. The summed E-state index contributed by atoms with van der Waals surface area (Å²) in [5, 5.41) is 19.4. The van der Waals surface area contributed by atoms with Crippen molar-refractivity contribution in [1.29, 1.82) is 0 Å². The second-order valence-electron chi connectivity index (χ2n) is 4.87. The van der Waals surface area contributed by atoms with E-state index in [0.29, 0.717) is 24.5 Å². The maximum atomic E-state index is 10.7. The fourth-order valence-corrected chi connectivity index (χ4v) is 2.64. The van der Waals surface area contributed by atoms with Gasteiger partial charge in [-0.2, -0.15) is 0 Å². The van der Waals surface area contributed by atoms with E-state index in [2.05, 4.69) is 6.92 Å². The molecule has 0 amide bonds. The Labute approximate surface area is 100 Å². The second kappa shape index (κ2) is 4.53. The topological polar surface area (TPSA) is 70.7 Å². The van der Waals surface area contributed by atoms with Gasteiger partial charge in [0.25, 0.3) is 0 Å². The van der Waals surface area contributed by atoms with Crippen LogP contribution in [0.2, 0.25) is 0 Å². The van der Waals surface area contributed by atoms with Crippen molar-refractivity contribution < 1.29 is 19.4 Å². The van der Waals surface area contributed by atoms with Crippen LogP contribution in [-0.2, 0) is 5.60 Å². The van der Waals surface area contributed by atoms with Gasteiger partial charge in [-0.1, -0.05) is 19.8 Å². The van der Waals surface area contributed by atoms with Crippen molar-refractivity contribution in [3.8, 4) is 0 Å². The summed E-state index contributed by atoms with van der Waals surface area (Å²) in [6.45, 7) is 2.11. The first-order valence-corrected chi connectivity index (χ1v) is 6.11. The second-order valence-corrected chi connectivity index (χ2v) is 4.87. The van der Waals surface area contributed by atoms with Gasteiger partial charge in [0.05, 0.1) is 0 Å². The molecule has 0 saturated heterocycles. The van der Waals surface area contributed by atoms with Crippen LogP contribution in [0.25, 0.3) is 0 Å². The molecule has 0 spiro atoms. The standard InChI is InChI=1S/C13H18O4/c1-2-9-4-3-7-13(16,8-9)11-6-5-10(17-11)12(14)15/h5-6,9,16H,2-4,7-8H2,1H3,(H,14,15). The molecule has 94 valence electrons. The van der Waals surface area contributed by atoms with E-state index < -0.39 is 11.6 Å². The first kappa shape index (κ1) is 12.2. The summed E-state index contributed by atoms with van der Waals surface area (Å²) in [6, 6.07) is 2.99. The third kappa shape index (κ3) is 2.36. The molecule has 1 heterocycles. The molecule has 1 aliphatic rings. The van der Waals surface area contributed by atoms with E-state index in [9.17, 15) is 9.90 Å². The lowest BCUT2D eigenvalue weighted by Gasteiger charge is -2.34. The van der Waals surface area contributed by atoms with E-state index in [1.165, 1.54) is 6.07 Å². The number of aromatic carboxylic acids is 1. The van der Waals surface area contributed by atoms with Gasteiger partial charge in [-0.25, -0.2) is 4.79 Å².